The number of hydrogen-bond donors (Lipinski definition) is 2. The summed E-state index contributed by atoms with van der Waals surface area (Å²) in [6.07, 6.45) is 1.56. The largest absolute Gasteiger partial charge is 0.339 e. The number of halogens is 1. The topological polar surface area (TPSA) is 62.7 Å². The Morgan fingerprint density at radius 2 is 1.75 bits per heavy atom. The predicted molar refractivity (Wildman–Crippen MR) is 98.4 cm³/mol. The Morgan fingerprint density at radius 1 is 0.958 bits per heavy atom. The van der Waals surface area contributed by atoms with Crippen LogP contribution < -0.4 is 10.6 Å². The Morgan fingerprint density at radius 3 is 2.46 bits per heavy atom. The average molecular weight is 340 g/mol. The van der Waals surface area contributed by atoms with Gasteiger partial charge in [0.2, 0.25) is 5.95 Å². The van der Waals surface area contributed by atoms with Crippen LogP contribution in [-0.2, 0) is 0 Å². The number of nitrogens with one attached hydrogen (secondary N) is 2. The maximum atomic E-state index is 5.98. The summed E-state index contributed by atoms with van der Waals surface area (Å²) in [4.78, 5) is 4.41. The molecule has 0 bridgehead atoms. The van der Waals surface area contributed by atoms with Crippen molar-refractivity contribution in [2.75, 3.05) is 10.6 Å². The standard InChI is InChI=1S/C18H18ClN5/c1-12(2)13-6-8-15(9-7-13)22-18-23-17(11-20-24-18)21-16-5-3-4-14(19)10-16/h3-12H,1-2H3,(H2,21,22,23,24). The van der Waals surface area contributed by atoms with Crippen molar-refractivity contribution in [1.82, 2.24) is 15.2 Å². The minimum Gasteiger partial charge on any atom is -0.339 e. The molecule has 0 aliphatic rings. The molecule has 5 nitrogen and oxygen atoms in total. The fraction of sp³-hybridized carbons (Fsp3) is 0.167. The Labute approximate surface area is 146 Å². The Balaban J connectivity index is 1.73. The van der Waals surface area contributed by atoms with E-state index in [0.29, 0.717) is 22.7 Å². The second-order valence-electron chi connectivity index (χ2n) is 5.70. The van der Waals surface area contributed by atoms with Gasteiger partial charge in [0.15, 0.2) is 5.82 Å². The summed E-state index contributed by atoms with van der Waals surface area (Å²) in [6, 6.07) is 15.6. The van der Waals surface area contributed by atoms with Crippen molar-refractivity contribution in [3.8, 4) is 0 Å². The molecule has 2 N–H and O–H groups in total. The van der Waals surface area contributed by atoms with E-state index in [1.165, 1.54) is 5.56 Å². The molecule has 0 spiro atoms. The molecule has 0 saturated carbocycles. The van der Waals surface area contributed by atoms with Gasteiger partial charge in [-0.2, -0.15) is 10.1 Å². The Bertz CT molecular complexity index is 818. The molecule has 24 heavy (non-hydrogen) atoms. The number of anilines is 4. The van der Waals surface area contributed by atoms with E-state index in [0.717, 1.165) is 11.4 Å². The van der Waals surface area contributed by atoms with Gasteiger partial charge in [-0.1, -0.05) is 43.6 Å². The van der Waals surface area contributed by atoms with Crippen LogP contribution in [0.5, 0.6) is 0 Å². The molecule has 0 radical (unpaired) electrons. The van der Waals surface area contributed by atoms with Crippen molar-refractivity contribution in [2.45, 2.75) is 19.8 Å². The van der Waals surface area contributed by atoms with Gasteiger partial charge < -0.3 is 10.6 Å². The quantitative estimate of drug-likeness (QED) is 0.674. The van der Waals surface area contributed by atoms with Crippen LogP contribution in [0.2, 0.25) is 5.02 Å². The molecule has 0 atom stereocenters. The lowest BCUT2D eigenvalue weighted by atomic mass is 10.0. The molecule has 3 aromatic rings. The highest BCUT2D eigenvalue weighted by Gasteiger charge is 2.04. The smallest absolute Gasteiger partial charge is 0.249 e. The summed E-state index contributed by atoms with van der Waals surface area (Å²) < 4.78 is 0. The normalized spacial score (nSPS) is 10.7. The molecular weight excluding hydrogens is 322 g/mol. The molecular formula is C18H18ClN5. The number of hydrogen-bond acceptors (Lipinski definition) is 5. The third-order valence-electron chi connectivity index (χ3n) is 3.49. The van der Waals surface area contributed by atoms with Crippen molar-refractivity contribution in [3.05, 3.63) is 65.3 Å². The van der Waals surface area contributed by atoms with E-state index in [-0.39, 0.29) is 0 Å². The Kier molecular flexibility index (Phi) is 4.91. The highest BCUT2D eigenvalue weighted by Crippen LogP contribution is 2.21. The van der Waals surface area contributed by atoms with E-state index in [9.17, 15) is 0 Å². The minimum absolute atomic E-state index is 0.430. The lowest BCUT2D eigenvalue weighted by Gasteiger charge is -2.09. The van der Waals surface area contributed by atoms with Crippen LogP contribution in [0.25, 0.3) is 0 Å². The van der Waals surface area contributed by atoms with Crippen LogP contribution in [0, 0.1) is 0 Å². The zero-order valence-electron chi connectivity index (χ0n) is 13.5. The van der Waals surface area contributed by atoms with Crippen LogP contribution in [0.3, 0.4) is 0 Å². The number of rotatable bonds is 5. The van der Waals surface area contributed by atoms with Crippen molar-refractivity contribution < 1.29 is 0 Å². The molecule has 0 saturated heterocycles. The first-order valence-corrected chi connectivity index (χ1v) is 8.07. The van der Waals surface area contributed by atoms with Crippen LogP contribution >= 0.6 is 11.6 Å². The maximum Gasteiger partial charge on any atom is 0.249 e. The van der Waals surface area contributed by atoms with Gasteiger partial charge in [0, 0.05) is 16.4 Å². The van der Waals surface area contributed by atoms with Gasteiger partial charge in [-0.15, -0.1) is 5.10 Å². The second kappa shape index (κ2) is 7.27. The van der Waals surface area contributed by atoms with Crippen molar-refractivity contribution >= 4 is 34.7 Å². The highest BCUT2D eigenvalue weighted by atomic mass is 35.5. The lowest BCUT2D eigenvalue weighted by Crippen LogP contribution is -2.02. The zero-order chi connectivity index (χ0) is 16.9. The molecule has 0 amide bonds. The first-order valence-electron chi connectivity index (χ1n) is 7.69. The van der Waals surface area contributed by atoms with E-state index in [1.54, 1.807) is 6.20 Å². The molecule has 6 heteroatoms. The molecule has 122 valence electrons. The number of benzene rings is 2. The molecule has 0 aliphatic carbocycles. The van der Waals surface area contributed by atoms with Gasteiger partial charge in [0.25, 0.3) is 0 Å². The van der Waals surface area contributed by atoms with Crippen LogP contribution in [0.4, 0.5) is 23.1 Å². The van der Waals surface area contributed by atoms with E-state index >= 15 is 0 Å². The van der Waals surface area contributed by atoms with Gasteiger partial charge in [0.05, 0.1) is 6.20 Å². The summed E-state index contributed by atoms with van der Waals surface area (Å²) >= 11 is 5.98. The van der Waals surface area contributed by atoms with E-state index in [1.807, 2.05) is 36.4 Å². The third-order valence-corrected chi connectivity index (χ3v) is 3.72. The summed E-state index contributed by atoms with van der Waals surface area (Å²) in [5, 5.41) is 15.0. The minimum atomic E-state index is 0.430. The predicted octanol–water partition coefficient (Wildman–Crippen LogP) is 5.14. The monoisotopic (exact) mass is 339 g/mol. The van der Waals surface area contributed by atoms with Crippen molar-refractivity contribution in [3.63, 3.8) is 0 Å². The van der Waals surface area contributed by atoms with Gasteiger partial charge in [-0.25, -0.2) is 0 Å². The molecule has 1 aromatic heterocycles. The molecule has 0 unspecified atom stereocenters. The van der Waals surface area contributed by atoms with Gasteiger partial charge in [-0.3, -0.25) is 0 Å². The van der Waals surface area contributed by atoms with E-state index in [4.69, 9.17) is 11.6 Å². The van der Waals surface area contributed by atoms with Gasteiger partial charge >= 0.3 is 0 Å². The fourth-order valence-electron chi connectivity index (χ4n) is 2.21. The molecule has 0 aliphatic heterocycles. The summed E-state index contributed by atoms with van der Waals surface area (Å²) in [6.45, 7) is 4.33. The maximum absolute atomic E-state index is 5.98. The molecule has 1 heterocycles. The first-order chi connectivity index (χ1) is 11.6. The molecule has 2 aromatic carbocycles. The zero-order valence-corrected chi connectivity index (χ0v) is 14.2. The molecule has 0 fully saturated rings. The number of aromatic nitrogens is 3. The second-order valence-corrected chi connectivity index (χ2v) is 6.14. The average Bonchev–Trinajstić information content (AvgIpc) is 2.56. The summed E-state index contributed by atoms with van der Waals surface area (Å²) in [7, 11) is 0. The van der Waals surface area contributed by atoms with Crippen LogP contribution in [0.1, 0.15) is 25.3 Å². The van der Waals surface area contributed by atoms with E-state index in [2.05, 4.69) is 51.8 Å². The SMILES string of the molecule is CC(C)c1ccc(Nc2nncc(Nc3cccc(Cl)c3)n2)cc1. The fourth-order valence-corrected chi connectivity index (χ4v) is 2.40. The van der Waals surface area contributed by atoms with Crippen LogP contribution in [-0.4, -0.2) is 15.2 Å². The van der Waals surface area contributed by atoms with Crippen LogP contribution in [0.15, 0.2) is 54.7 Å². The Hall–Kier alpha value is -2.66. The van der Waals surface area contributed by atoms with E-state index < -0.39 is 0 Å². The van der Waals surface area contributed by atoms with Gasteiger partial charge in [0.1, 0.15) is 0 Å². The summed E-state index contributed by atoms with van der Waals surface area (Å²) in [5.74, 6) is 1.52. The van der Waals surface area contributed by atoms with Crippen molar-refractivity contribution in [1.29, 1.82) is 0 Å². The third kappa shape index (κ3) is 4.20. The number of nitrogens with zero attached hydrogens (tertiary/aromatic N) is 3. The first kappa shape index (κ1) is 16.2. The highest BCUT2D eigenvalue weighted by molar-refractivity contribution is 6.30. The van der Waals surface area contributed by atoms with Gasteiger partial charge in [-0.05, 0) is 41.8 Å². The molecule has 3 rings (SSSR count). The summed E-state index contributed by atoms with van der Waals surface area (Å²) in [5.41, 5.74) is 3.05. The lowest BCUT2D eigenvalue weighted by molar-refractivity contribution is 0.867. The van der Waals surface area contributed by atoms with Crippen molar-refractivity contribution in [2.24, 2.45) is 0 Å².